The summed E-state index contributed by atoms with van der Waals surface area (Å²) in [5.74, 6) is -0.583. The Labute approximate surface area is 105 Å². The van der Waals surface area contributed by atoms with Crippen LogP contribution in [0.15, 0.2) is 18.2 Å². The molecule has 0 fully saturated rings. The van der Waals surface area contributed by atoms with E-state index in [1.165, 1.54) is 14.0 Å². The first kappa shape index (κ1) is 13.8. The summed E-state index contributed by atoms with van der Waals surface area (Å²) >= 11 is 0. The van der Waals surface area contributed by atoms with E-state index in [-0.39, 0.29) is 0 Å². The third-order valence-electron chi connectivity index (χ3n) is 2.32. The number of carbonyl (C=O) groups is 2. The highest BCUT2D eigenvalue weighted by Crippen LogP contribution is 2.24. The first-order chi connectivity index (χ1) is 8.43. The molecule has 0 saturated carbocycles. The Hall–Kier alpha value is -2.24. The smallest absolute Gasteiger partial charge is 0.325 e. The second-order valence-corrected chi connectivity index (χ2v) is 3.86. The highest BCUT2D eigenvalue weighted by molar-refractivity contribution is 5.93. The van der Waals surface area contributed by atoms with Crippen molar-refractivity contribution < 1.29 is 19.4 Å². The van der Waals surface area contributed by atoms with Crippen LogP contribution in [-0.2, 0) is 4.79 Å². The van der Waals surface area contributed by atoms with E-state index in [0.29, 0.717) is 11.4 Å². The maximum absolute atomic E-state index is 11.6. The molecule has 0 radical (unpaired) electrons. The Morgan fingerprint density at radius 3 is 2.61 bits per heavy atom. The summed E-state index contributed by atoms with van der Waals surface area (Å²) in [5, 5.41) is 13.5. The number of hydrogen-bond acceptors (Lipinski definition) is 3. The van der Waals surface area contributed by atoms with E-state index in [2.05, 4.69) is 10.6 Å². The van der Waals surface area contributed by atoms with Crippen molar-refractivity contribution >= 4 is 17.7 Å². The van der Waals surface area contributed by atoms with Crippen molar-refractivity contribution in [2.24, 2.45) is 0 Å². The Bertz CT molecular complexity index is 459. The fourth-order valence-electron chi connectivity index (χ4n) is 1.34. The van der Waals surface area contributed by atoms with Crippen molar-refractivity contribution in [3.63, 3.8) is 0 Å². The Morgan fingerprint density at radius 2 is 2.06 bits per heavy atom. The van der Waals surface area contributed by atoms with Gasteiger partial charge in [0.15, 0.2) is 0 Å². The number of ether oxygens (including phenoxy) is 1. The Kier molecular flexibility index (Phi) is 4.53. The van der Waals surface area contributed by atoms with Gasteiger partial charge in [0.05, 0.1) is 12.8 Å². The van der Waals surface area contributed by atoms with Crippen LogP contribution in [-0.4, -0.2) is 30.3 Å². The topological polar surface area (TPSA) is 87.7 Å². The van der Waals surface area contributed by atoms with Crippen LogP contribution in [0.4, 0.5) is 10.5 Å². The summed E-state index contributed by atoms with van der Waals surface area (Å²) in [4.78, 5) is 22.2. The molecular weight excluding hydrogens is 236 g/mol. The lowest BCUT2D eigenvalue weighted by Crippen LogP contribution is -2.40. The van der Waals surface area contributed by atoms with Crippen molar-refractivity contribution in [3.8, 4) is 5.75 Å². The first-order valence-corrected chi connectivity index (χ1v) is 5.39. The number of amides is 2. The highest BCUT2D eigenvalue weighted by Gasteiger charge is 2.15. The molecule has 1 aromatic rings. The number of aryl methyl sites for hydroxylation is 1. The Balaban J connectivity index is 2.75. The lowest BCUT2D eigenvalue weighted by atomic mass is 10.2. The summed E-state index contributed by atoms with van der Waals surface area (Å²) in [5.41, 5.74) is 1.45. The summed E-state index contributed by atoms with van der Waals surface area (Å²) in [6.07, 6.45) is 0. The van der Waals surface area contributed by atoms with Gasteiger partial charge in [-0.15, -0.1) is 0 Å². The molecule has 0 aliphatic carbocycles. The third-order valence-corrected chi connectivity index (χ3v) is 2.32. The fourth-order valence-corrected chi connectivity index (χ4v) is 1.34. The number of urea groups is 1. The zero-order chi connectivity index (χ0) is 13.7. The number of carboxylic acids is 1. The fraction of sp³-hybridized carbons (Fsp3) is 0.333. The minimum atomic E-state index is -1.10. The van der Waals surface area contributed by atoms with Gasteiger partial charge >= 0.3 is 12.0 Å². The van der Waals surface area contributed by atoms with E-state index in [1.54, 1.807) is 12.1 Å². The van der Waals surface area contributed by atoms with Gasteiger partial charge in [0.25, 0.3) is 0 Å². The third kappa shape index (κ3) is 3.65. The molecule has 2 amide bonds. The van der Waals surface area contributed by atoms with E-state index in [0.717, 1.165) is 5.56 Å². The lowest BCUT2D eigenvalue weighted by molar-refractivity contribution is -0.138. The number of carbonyl (C=O) groups excluding carboxylic acids is 1. The number of benzene rings is 1. The van der Waals surface area contributed by atoms with Crippen LogP contribution in [0.3, 0.4) is 0 Å². The van der Waals surface area contributed by atoms with Crippen molar-refractivity contribution in [1.82, 2.24) is 5.32 Å². The molecule has 18 heavy (non-hydrogen) atoms. The van der Waals surface area contributed by atoms with E-state index in [1.807, 2.05) is 13.0 Å². The number of rotatable bonds is 4. The molecule has 1 aromatic carbocycles. The van der Waals surface area contributed by atoms with E-state index >= 15 is 0 Å². The van der Waals surface area contributed by atoms with Crippen LogP contribution in [0.2, 0.25) is 0 Å². The molecule has 0 aliphatic rings. The number of carboxylic acid groups (broad SMARTS) is 1. The van der Waals surface area contributed by atoms with Crippen molar-refractivity contribution in [2.75, 3.05) is 12.4 Å². The molecule has 1 atom stereocenters. The van der Waals surface area contributed by atoms with Gasteiger partial charge in [-0.3, -0.25) is 4.79 Å². The summed E-state index contributed by atoms with van der Waals surface area (Å²) in [6, 6.07) is 3.77. The van der Waals surface area contributed by atoms with E-state index < -0.39 is 18.0 Å². The van der Waals surface area contributed by atoms with Crippen LogP contribution >= 0.6 is 0 Å². The van der Waals surface area contributed by atoms with Crippen LogP contribution in [0, 0.1) is 6.92 Å². The Morgan fingerprint density at radius 1 is 1.39 bits per heavy atom. The average Bonchev–Trinajstić information content (AvgIpc) is 2.28. The van der Waals surface area contributed by atoms with Gasteiger partial charge in [0, 0.05) is 0 Å². The van der Waals surface area contributed by atoms with Gasteiger partial charge < -0.3 is 20.5 Å². The van der Waals surface area contributed by atoms with Crippen LogP contribution in [0.5, 0.6) is 5.75 Å². The van der Waals surface area contributed by atoms with Gasteiger partial charge in [-0.2, -0.15) is 0 Å². The summed E-state index contributed by atoms with van der Waals surface area (Å²) in [6.45, 7) is 3.26. The molecule has 0 bridgehead atoms. The monoisotopic (exact) mass is 252 g/mol. The standard InChI is InChI=1S/C12H16N2O4/c1-7-4-5-10(18-3)9(6-7)14-12(17)13-8(2)11(15)16/h4-6,8H,1-3H3,(H,15,16)(H2,13,14,17)/t8-/m1/s1. The predicted octanol–water partition coefficient (Wildman–Crippen LogP) is 1.60. The van der Waals surface area contributed by atoms with E-state index in [9.17, 15) is 9.59 Å². The zero-order valence-corrected chi connectivity index (χ0v) is 10.5. The van der Waals surface area contributed by atoms with Crippen molar-refractivity contribution in [3.05, 3.63) is 23.8 Å². The maximum Gasteiger partial charge on any atom is 0.325 e. The number of anilines is 1. The molecule has 98 valence electrons. The minimum absolute atomic E-state index is 0.493. The second-order valence-electron chi connectivity index (χ2n) is 3.86. The molecule has 6 nitrogen and oxygen atoms in total. The molecule has 0 heterocycles. The molecular formula is C12H16N2O4. The average molecular weight is 252 g/mol. The first-order valence-electron chi connectivity index (χ1n) is 5.39. The number of hydrogen-bond donors (Lipinski definition) is 3. The highest BCUT2D eigenvalue weighted by atomic mass is 16.5. The van der Waals surface area contributed by atoms with E-state index in [4.69, 9.17) is 9.84 Å². The van der Waals surface area contributed by atoms with Gasteiger partial charge in [-0.25, -0.2) is 4.79 Å². The molecule has 1 rings (SSSR count). The van der Waals surface area contributed by atoms with Crippen LogP contribution in [0.25, 0.3) is 0 Å². The molecule has 6 heteroatoms. The minimum Gasteiger partial charge on any atom is -0.495 e. The van der Waals surface area contributed by atoms with Crippen molar-refractivity contribution in [2.45, 2.75) is 19.9 Å². The molecule has 0 spiro atoms. The second kappa shape index (κ2) is 5.90. The van der Waals surface area contributed by atoms with Gasteiger partial charge in [-0.1, -0.05) is 6.07 Å². The molecule has 0 unspecified atom stereocenters. The van der Waals surface area contributed by atoms with Crippen molar-refractivity contribution in [1.29, 1.82) is 0 Å². The van der Waals surface area contributed by atoms with Gasteiger partial charge in [-0.05, 0) is 31.5 Å². The quantitative estimate of drug-likeness (QED) is 0.759. The van der Waals surface area contributed by atoms with Crippen LogP contribution in [0.1, 0.15) is 12.5 Å². The molecule has 3 N–H and O–H groups in total. The lowest BCUT2D eigenvalue weighted by Gasteiger charge is -2.13. The predicted molar refractivity (Wildman–Crippen MR) is 67.0 cm³/mol. The number of methoxy groups -OCH3 is 1. The summed E-state index contributed by atoms with van der Waals surface area (Å²) < 4.78 is 5.09. The molecule has 0 aromatic heterocycles. The van der Waals surface area contributed by atoms with Gasteiger partial charge in [0.1, 0.15) is 11.8 Å². The molecule has 0 aliphatic heterocycles. The summed E-state index contributed by atoms with van der Waals surface area (Å²) in [7, 11) is 1.49. The largest absolute Gasteiger partial charge is 0.495 e. The molecule has 0 saturated heterocycles. The normalized spacial score (nSPS) is 11.5. The number of nitrogens with one attached hydrogen (secondary N) is 2. The maximum atomic E-state index is 11.6. The van der Waals surface area contributed by atoms with Crippen LogP contribution < -0.4 is 15.4 Å². The number of aliphatic carboxylic acids is 1. The SMILES string of the molecule is COc1ccc(C)cc1NC(=O)N[C@H](C)C(=O)O. The zero-order valence-electron chi connectivity index (χ0n) is 10.5. The van der Waals surface area contributed by atoms with Gasteiger partial charge in [0.2, 0.25) is 0 Å².